The first-order valence-corrected chi connectivity index (χ1v) is 7.75. The average Bonchev–Trinajstić information content (AvgIpc) is 2.96. The summed E-state index contributed by atoms with van der Waals surface area (Å²) in [6.07, 6.45) is 9.11. The third-order valence-electron chi connectivity index (χ3n) is 4.51. The summed E-state index contributed by atoms with van der Waals surface area (Å²) in [6, 6.07) is 5.19. The van der Waals surface area contributed by atoms with Gasteiger partial charge < -0.3 is 14.8 Å². The molecule has 1 aromatic heterocycles. The van der Waals surface area contributed by atoms with Gasteiger partial charge in [0.15, 0.2) is 5.79 Å². The summed E-state index contributed by atoms with van der Waals surface area (Å²) >= 11 is 0. The lowest BCUT2D eigenvalue weighted by Crippen LogP contribution is -2.43. The molecule has 1 aromatic rings. The normalized spacial score (nSPS) is 24.1. The second kappa shape index (κ2) is 6.20. The SMILES string of the molecule is CC[C@H](NC1CCC2(CC1)OCCO2)c1ccncc1. The Bertz CT molecular complexity index is 408. The Balaban J connectivity index is 1.55. The lowest BCUT2D eigenvalue weighted by molar-refractivity contribution is -0.179. The molecule has 0 bridgehead atoms. The predicted molar refractivity (Wildman–Crippen MR) is 77.3 cm³/mol. The van der Waals surface area contributed by atoms with Crippen LogP contribution in [0.2, 0.25) is 0 Å². The quantitative estimate of drug-likeness (QED) is 0.918. The summed E-state index contributed by atoms with van der Waals surface area (Å²) < 4.78 is 11.6. The monoisotopic (exact) mass is 276 g/mol. The van der Waals surface area contributed by atoms with Gasteiger partial charge in [-0.3, -0.25) is 4.98 Å². The van der Waals surface area contributed by atoms with Crippen molar-refractivity contribution in [3.8, 4) is 0 Å². The fraction of sp³-hybridized carbons (Fsp3) is 0.688. The van der Waals surface area contributed by atoms with Gasteiger partial charge in [-0.1, -0.05) is 6.92 Å². The van der Waals surface area contributed by atoms with Crippen LogP contribution in [0.3, 0.4) is 0 Å². The zero-order valence-corrected chi connectivity index (χ0v) is 12.2. The Morgan fingerprint density at radius 1 is 1.25 bits per heavy atom. The second-order valence-corrected chi connectivity index (χ2v) is 5.79. The number of nitrogens with one attached hydrogen (secondary N) is 1. The number of ether oxygens (including phenoxy) is 2. The van der Waals surface area contributed by atoms with Gasteiger partial charge in [-0.2, -0.15) is 0 Å². The average molecular weight is 276 g/mol. The topological polar surface area (TPSA) is 43.4 Å². The molecule has 1 saturated carbocycles. The van der Waals surface area contributed by atoms with E-state index in [-0.39, 0.29) is 5.79 Å². The first-order chi connectivity index (χ1) is 9.81. The van der Waals surface area contributed by atoms with Crippen LogP contribution in [0.5, 0.6) is 0 Å². The molecule has 1 aliphatic heterocycles. The van der Waals surface area contributed by atoms with Crippen molar-refractivity contribution in [2.24, 2.45) is 0 Å². The van der Waals surface area contributed by atoms with Crippen LogP contribution in [0.4, 0.5) is 0 Å². The van der Waals surface area contributed by atoms with E-state index < -0.39 is 0 Å². The molecule has 2 heterocycles. The van der Waals surface area contributed by atoms with Crippen LogP contribution in [0.1, 0.15) is 50.6 Å². The van der Waals surface area contributed by atoms with Crippen molar-refractivity contribution in [2.75, 3.05) is 13.2 Å². The van der Waals surface area contributed by atoms with Gasteiger partial charge in [-0.15, -0.1) is 0 Å². The Morgan fingerprint density at radius 3 is 2.50 bits per heavy atom. The van der Waals surface area contributed by atoms with Crippen LogP contribution in [0.15, 0.2) is 24.5 Å². The fourth-order valence-corrected chi connectivity index (χ4v) is 3.34. The molecule has 110 valence electrons. The van der Waals surface area contributed by atoms with Gasteiger partial charge in [-0.05, 0) is 37.0 Å². The molecule has 1 aliphatic carbocycles. The first-order valence-electron chi connectivity index (χ1n) is 7.75. The van der Waals surface area contributed by atoms with Crippen molar-refractivity contribution in [1.29, 1.82) is 0 Å². The van der Waals surface area contributed by atoms with E-state index in [1.807, 2.05) is 12.4 Å². The highest BCUT2D eigenvalue weighted by Gasteiger charge is 2.40. The van der Waals surface area contributed by atoms with Crippen molar-refractivity contribution < 1.29 is 9.47 Å². The number of hydrogen-bond donors (Lipinski definition) is 1. The minimum absolute atomic E-state index is 0.253. The Hall–Kier alpha value is -0.970. The third-order valence-corrected chi connectivity index (χ3v) is 4.51. The predicted octanol–water partition coefficient (Wildman–Crippen LogP) is 2.81. The van der Waals surface area contributed by atoms with E-state index in [2.05, 4.69) is 29.4 Å². The van der Waals surface area contributed by atoms with Gasteiger partial charge in [0.2, 0.25) is 0 Å². The van der Waals surface area contributed by atoms with Crippen molar-refractivity contribution >= 4 is 0 Å². The lowest BCUT2D eigenvalue weighted by atomic mass is 9.89. The fourth-order valence-electron chi connectivity index (χ4n) is 3.34. The molecule has 3 rings (SSSR count). The summed E-state index contributed by atoms with van der Waals surface area (Å²) in [5.41, 5.74) is 1.33. The lowest BCUT2D eigenvalue weighted by Gasteiger charge is -2.37. The molecular formula is C16H24N2O2. The highest BCUT2D eigenvalue weighted by molar-refractivity contribution is 5.15. The standard InChI is InChI=1S/C16H24N2O2/c1-2-15(13-5-9-17-10-6-13)18-14-3-7-16(8-4-14)19-11-12-20-16/h5-6,9-10,14-15,18H,2-4,7-8,11-12H2,1H3/t15-/m0/s1. The number of rotatable bonds is 4. The van der Waals surface area contributed by atoms with Gasteiger partial charge >= 0.3 is 0 Å². The van der Waals surface area contributed by atoms with Crippen LogP contribution in [0.25, 0.3) is 0 Å². The van der Waals surface area contributed by atoms with E-state index in [0.29, 0.717) is 12.1 Å². The minimum Gasteiger partial charge on any atom is -0.348 e. The van der Waals surface area contributed by atoms with Gasteiger partial charge in [0.1, 0.15) is 0 Å². The van der Waals surface area contributed by atoms with Crippen LogP contribution in [-0.4, -0.2) is 30.0 Å². The minimum atomic E-state index is -0.253. The summed E-state index contributed by atoms with van der Waals surface area (Å²) in [5, 5.41) is 3.79. The highest BCUT2D eigenvalue weighted by Crippen LogP contribution is 2.36. The molecule has 1 atom stereocenters. The number of aromatic nitrogens is 1. The zero-order chi connectivity index (χ0) is 13.8. The Labute approximate surface area is 120 Å². The highest BCUT2D eigenvalue weighted by atomic mass is 16.7. The number of hydrogen-bond acceptors (Lipinski definition) is 4. The van der Waals surface area contributed by atoms with Gasteiger partial charge in [0.25, 0.3) is 0 Å². The summed E-state index contributed by atoms with van der Waals surface area (Å²) in [4.78, 5) is 4.10. The Kier molecular flexibility index (Phi) is 4.34. The molecule has 2 aliphatic rings. The molecule has 4 heteroatoms. The van der Waals surface area contributed by atoms with Gasteiger partial charge in [-0.25, -0.2) is 0 Å². The molecule has 20 heavy (non-hydrogen) atoms. The second-order valence-electron chi connectivity index (χ2n) is 5.79. The third kappa shape index (κ3) is 3.03. The number of nitrogens with zero attached hydrogens (tertiary/aromatic N) is 1. The molecular weight excluding hydrogens is 252 g/mol. The summed E-state index contributed by atoms with van der Waals surface area (Å²) in [7, 11) is 0. The molecule has 0 amide bonds. The summed E-state index contributed by atoms with van der Waals surface area (Å²) in [5.74, 6) is -0.253. The molecule has 1 saturated heterocycles. The maximum Gasteiger partial charge on any atom is 0.168 e. The molecule has 0 aromatic carbocycles. The van der Waals surface area contributed by atoms with Gasteiger partial charge in [0, 0.05) is 37.3 Å². The largest absolute Gasteiger partial charge is 0.348 e. The van der Waals surface area contributed by atoms with Crippen LogP contribution in [-0.2, 0) is 9.47 Å². The molecule has 1 N–H and O–H groups in total. The van der Waals surface area contributed by atoms with Crippen molar-refractivity contribution in [2.45, 2.75) is 56.9 Å². The van der Waals surface area contributed by atoms with Gasteiger partial charge in [0.05, 0.1) is 13.2 Å². The maximum absolute atomic E-state index is 5.79. The van der Waals surface area contributed by atoms with Crippen LogP contribution in [0, 0.1) is 0 Å². The maximum atomic E-state index is 5.79. The Morgan fingerprint density at radius 2 is 1.90 bits per heavy atom. The first kappa shape index (κ1) is 14.0. The summed E-state index contributed by atoms with van der Waals surface area (Å²) in [6.45, 7) is 3.74. The van der Waals surface area contributed by atoms with E-state index >= 15 is 0 Å². The van der Waals surface area contributed by atoms with E-state index in [0.717, 1.165) is 45.3 Å². The van der Waals surface area contributed by atoms with Crippen molar-refractivity contribution in [1.82, 2.24) is 10.3 Å². The van der Waals surface area contributed by atoms with Crippen molar-refractivity contribution in [3.05, 3.63) is 30.1 Å². The molecule has 1 spiro atoms. The zero-order valence-electron chi connectivity index (χ0n) is 12.2. The smallest absolute Gasteiger partial charge is 0.168 e. The molecule has 0 radical (unpaired) electrons. The van der Waals surface area contributed by atoms with Crippen molar-refractivity contribution in [3.63, 3.8) is 0 Å². The molecule has 4 nitrogen and oxygen atoms in total. The van der Waals surface area contributed by atoms with E-state index in [9.17, 15) is 0 Å². The van der Waals surface area contributed by atoms with E-state index in [1.165, 1.54) is 5.56 Å². The molecule has 0 unspecified atom stereocenters. The van der Waals surface area contributed by atoms with Crippen LogP contribution < -0.4 is 5.32 Å². The van der Waals surface area contributed by atoms with E-state index in [4.69, 9.17) is 9.47 Å². The molecule has 2 fully saturated rings. The van der Waals surface area contributed by atoms with Crippen LogP contribution >= 0.6 is 0 Å². The number of pyridine rings is 1. The van der Waals surface area contributed by atoms with E-state index in [1.54, 1.807) is 0 Å².